The van der Waals surface area contributed by atoms with Crippen LogP contribution in [-0.2, 0) is 4.74 Å². The third kappa shape index (κ3) is 6.30. The van der Waals surface area contributed by atoms with Gasteiger partial charge in [0.05, 0.1) is 6.61 Å². The number of hydrogen-bond donors (Lipinski definition) is 1. The molecule has 120 valence electrons. The lowest BCUT2D eigenvalue weighted by Crippen LogP contribution is -2.45. The molecule has 0 aliphatic heterocycles. The average Bonchev–Trinajstić information content (AvgIpc) is 2.31. The standard InChI is InChI=1S/C12H19F6NO/c13-11(14,15)10(12(16,17)18)20-7-6-19-8-9-4-2-1-3-5-9/h9-10,19H,1-8H2. The normalized spacial score (nSPS) is 18.8. The maximum atomic E-state index is 12.2. The molecule has 0 radical (unpaired) electrons. The van der Waals surface area contributed by atoms with Crippen molar-refractivity contribution in [1.29, 1.82) is 0 Å². The molecule has 1 rings (SSSR count). The van der Waals surface area contributed by atoms with E-state index in [2.05, 4.69) is 10.1 Å². The average molecular weight is 307 g/mol. The summed E-state index contributed by atoms with van der Waals surface area (Å²) < 4.78 is 76.9. The molecule has 8 heteroatoms. The molecule has 0 spiro atoms. The largest absolute Gasteiger partial charge is 0.423 e. The molecule has 0 heterocycles. The van der Waals surface area contributed by atoms with Crippen LogP contribution in [0.15, 0.2) is 0 Å². The van der Waals surface area contributed by atoms with E-state index in [1.165, 1.54) is 6.42 Å². The second-order valence-corrected chi connectivity index (χ2v) is 5.04. The van der Waals surface area contributed by atoms with Crippen LogP contribution in [0.4, 0.5) is 26.3 Å². The first-order valence-electron chi connectivity index (χ1n) is 6.67. The highest BCUT2D eigenvalue weighted by Crippen LogP contribution is 2.35. The summed E-state index contributed by atoms with van der Waals surface area (Å²) in [6, 6.07) is 0. The molecule has 0 aromatic carbocycles. The minimum atomic E-state index is -5.43. The monoisotopic (exact) mass is 307 g/mol. The van der Waals surface area contributed by atoms with Gasteiger partial charge in [0, 0.05) is 6.54 Å². The van der Waals surface area contributed by atoms with Gasteiger partial charge in [-0.2, -0.15) is 26.3 Å². The Balaban J connectivity index is 2.20. The summed E-state index contributed by atoms with van der Waals surface area (Å²) in [6.45, 7) is -0.0123. The maximum absolute atomic E-state index is 12.2. The fourth-order valence-corrected chi connectivity index (χ4v) is 2.32. The van der Waals surface area contributed by atoms with Gasteiger partial charge in [-0.1, -0.05) is 19.3 Å². The first-order valence-corrected chi connectivity index (χ1v) is 6.67. The Bertz CT molecular complexity index is 258. The molecule has 0 unspecified atom stereocenters. The summed E-state index contributed by atoms with van der Waals surface area (Å²) in [7, 11) is 0. The van der Waals surface area contributed by atoms with Gasteiger partial charge in [0.15, 0.2) is 0 Å². The van der Waals surface area contributed by atoms with Crippen LogP contribution in [0.3, 0.4) is 0 Å². The Morgan fingerprint density at radius 1 is 0.950 bits per heavy atom. The summed E-state index contributed by atoms with van der Waals surface area (Å²) >= 11 is 0. The summed E-state index contributed by atoms with van der Waals surface area (Å²) in [5.74, 6) is 0.463. The van der Waals surface area contributed by atoms with Crippen LogP contribution >= 0.6 is 0 Å². The molecule has 20 heavy (non-hydrogen) atoms. The van der Waals surface area contributed by atoms with Crippen LogP contribution in [0, 0.1) is 5.92 Å². The molecule has 0 saturated heterocycles. The molecule has 1 saturated carbocycles. The number of alkyl halides is 6. The topological polar surface area (TPSA) is 21.3 Å². The van der Waals surface area contributed by atoms with E-state index in [1.54, 1.807) is 0 Å². The van der Waals surface area contributed by atoms with Crippen molar-refractivity contribution in [2.75, 3.05) is 19.7 Å². The third-order valence-electron chi connectivity index (χ3n) is 3.32. The Kier molecular flexibility index (Phi) is 6.57. The van der Waals surface area contributed by atoms with E-state index >= 15 is 0 Å². The second kappa shape index (κ2) is 7.49. The van der Waals surface area contributed by atoms with E-state index in [9.17, 15) is 26.3 Å². The van der Waals surface area contributed by atoms with Gasteiger partial charge in [0.2, 0.25) is 6.10 Å². The molecule has 1 aliphatic rings. The molecule has 2 nitrogen and oxygen atoms in total. The van der Waals surface area contributed by atoms with Gasteiger partial charge in [-0.05, 0) is 25.3 Å². The van der Waals surface area contributed by atoms with Crippen LogP contribution in [0.5, 0.6) is 0 Å². The van der Waals surface area contributed by atoms with Crippen molar-refractivity contribution in [2.24, 2.45) is 5.92 Å². The van der Waals surface area contributed by atoms with Crippen molar-refractivity contribution in [3.05, 3.63) is 0 Å². The van der Waals surface area contributed by atoms with Gasteiger partial charge in [0.25, 0.3) is 0 Å². The highest BCUT2D eigenvalue weighted by Gasteiger charge is 2.57. The molecule has 0 amide bonds. The zero-order chi connectivity index (χ0) is 15.2. The zero-order valence-corrected chi connectivity index (χ0v) is 11.0. The fourth-order valence-electron chi connectivity index (χ4n) is 2.32. The molecule has 1 N–H and O–H groups in total. The number of hydrogen-bond acceptors (Lipinski definition) is 2. The van der Waals surface area contributed by atoms with Crippen molar-refractivity contribution in [2.45, 2.75) is 50.6 Å². The van der Waals surface area contributed by atoms with E-state index in [1.807, 2.05) is 0 Å². The zero-order valence-electron chi connectivity index (χ0n) is 11.0. The van der Waals surface area contributed by atoms with Crippen LogP contribution in [0.2, 0.25) is 0 Å². The summed E-state index contributed by atoms with van der Waals surface area (Å²) in [5.41, 5.74) is 0. The lowest BCUT2D eigenvalue weighted by atomic mass is 9.89. The third-order valence-corrected chi connectivity index (χ3v) is 3.32. The molecule has 0 aromatic rings. The molecule has 0 aromatic heterocycles. The number of ether oxygens (including phenoxy) is 1. The van der Waals surface area contributed by atoms with Gasteiger partial charge in [0.1, 0.15) is 0 Å². The predicted octanol–water partition coefficient (Wildman–Crippen LogP) is 3.67. The van der Waals surface area contributed by atoms with Gasteiger partial charge < -0.3 is 10.1 Å². The number of nitrogens with one attached hydrogen (secondary N) is 1. The van der Waals surface area contributed by atoms with Crippen LogP contribution in [0.1, 0.15) is 32.1 Å². The van der Waals surface area contributed by atoms with E-state index in [0.717, 1.165) is 25.7 Å². The summed E-state index contributed by atoms with van der Waals surface area (Å²) in [5, 5.41) is 2.85. The molecule has 1 fully saturated rings. The molecule has 0 bridgehead atoms. The minimum Gasteiger partial charge on any atom is -0.360 e. The SMILES string of the molecule is FC(F)(F)C(OCCNCC1CCCCC1)C(F)(F)F. The lowest BCUT2D eigenvalue weighted by Gasteiger charge is -2.24. The van der Waals surface area contributed by atoms with E-state index in [0.29, 0.717) is 12.5 Å². The van der Waals surface area contributed by atoms with Gasteiger partial charge in [-0.25, -0.2) is 0 Å². The smallest absolute Gasteiger partial charge is 0.360 e. The first kappa shape index (κ1) is 17.6. The lowest BCUT2D eigenvalue weighted by molar-refractivity contribution is -0.321. The Labute approximate surface area is 113 Å². The van der Waals surface area contributed by atoms with Crippen LogP contribution in [0.25, 0.3) is 0 Å². The fraction of sp³-hybridized carbons (Fsp3) is 1.00. The van der Waals surface area contributed by atoms with Crippen molar-refractivity contribution in [3.8, 4) is 0 Å². The van der Waals surface area contributed by atoms with Crippen molar-refractivity contribution in [1.82, 2.24) is 5.32 Å². The van der Waals surface area contributed by atoms with Crippen LogP contribution in [-0.4, -0.2) is 38.2 Å². The molecule has 1 aliphatic carbocycles. The number of halogens is 6. The molecular weight excluding hydrogens is 288 g/mol. The van der Waals surface area contributed by atoms with Crippen molar-refractivity contribution in [3.63, 3.8) is 0 Å². The van der Waals surface area contributed by atoms with Gasteiger partial charge in [-0.3, -0.25) is 0 Å². The Hall–Kier alpha value is -0.500. The van der Waals surface area contributed by atoms with E-state index in [-0.39, 0.29) is 6.54 Å². The van der Waals surface area contributed by atoms with Crippen LogP contribution < -0.4 is 5.32 Å². The molecule has 0 atom stereocenters. The van der Waals surface area contributed by atoms with Crippen molar-refractivity contribution >= 4 is 0 Å². The summed E-state index contributed by atoms with van der Waals surface area (Å²) in [6.07, 6.45) is -8.99. The highest BCUT2D eigenvalue weighted by atomic mass is 19.4. The minimum absolute atomic E-state index is 0.0147. The second-order valence-electron chi connectivity index (χ2n) is 5.04. The Morgan fingerprint density at radius 2 is 1.50 bits per heavy atom. The Morgan fingerprint density at radius 3 is 2.00 bits per heavy atom. The number of rotatable bonds is 6. The highest BCUT2D eigenvalue weighted by molar-refractivity contribution is 4.76. The summed E-state index contributed by atoms with van der Waals surface area (Å²) in [4.78, 5) is 0. The van der Waals surface area contributed by atoms with E-state index < -0.39 is 25.1 Å². The van der Waals surface area contributed by atoms with Gasteiger partial charge in [-0.15, -0.1) is 0 Å². The van der Waals surface area contributed by atoms with Gasteiger partial charge >= 0.3 is 12.4 Å². The van der Waals surface area contributed by atoms with E-state index in [4.69, 9.17) is 0 Å². The first-order chi connectivity index (χ1) is 9.21. The maximum Gasteiger partial charge on any atom is 0.423 e. The predicted molar refractivity (Wildman–Crippen MR) is 61.3 cm³/mol. The quantitative estimate of drug-likeness (QED) is 0.597. The molecular formula is C12H19F6NO. The van der Waals surface area contributed by atoms with Crippen molar-refractivity contribution < 1.29 is 31.1 Å².